The number of halogens is 1. The average Bonchev–Trinajstić information content (AvgIpc) is 3.02. The molecule has 0 aromatic heterocycles. The summed E-state index contributed by atoms with van der Waals surface area (Å²) in [5.41, 5.74) is 3.73. The van der Waals surface area contributed by atoms with E-state index in [1.807, 2.05) is 41.5 Å². The molecule has 0 aliphatic heterocycles. The molecule has 17 heteroatoms. The van der Waals surface area contributed by atoms with Crippen LogP contribution in [-0.2, 0) is 28.4 Å². The van der Waals surface area contributed by atoms with E-state index in [9.17, 15) is 14.4 Å². The summed E-state index contributed by atoms with van der Waals surface area (Å²) < 4.78 is 30.1. The van der Waals surface area contributed by atoms with E-state index in [1.54, 1.807) is 32.9 Å². The summed E-state index contributed by atoms with van der Waals surface area (Å²) in [5, 5.41) is 33.5. The number of alkyl carbamates (subject to hydrolysis) is 3. The molecule has 0 rings (SSSR count). The number of aliphatic hydroxyl groups is 3. The summed E-state index contributed by atoms with van der Waals surface area (Å²) in [6.45, 7) is 28.2. The predicted molar refractivity (Wildman–Crippen MR) is 222 cm³/mol. The van der Waals surface area contributed by atoms with Gasteiger partial charge in [0.25, 0.3) is 0 Å². The fourth-order valence-corrected chi connectivity index (χ4v) is 2.34. The van der Waals surface area contributed by atoms with Crippen molar-refractivity contribution >= 4 is 34.2 Å². The lowest BCUT2D eigenvalue weighted by molar-refractivity contribution is 0.0488. The van der Waals surface area contributed by atoms with Crippen LogP contribution < -0.4 is 21.7 Å². The zero-order valence-electron chi connectivity index (χ0n) is 33.4. The Balaban J connectivity index is -0.000000106. The van der Waals surface area contributed by atoms with Crippen LogP contribution in [-0.4, -0.2) is 141 Å². The van der Waals surface area contributed by atoms with E-state index in [2.05, 4.69) is 45.0 Å². The van der Waals surface area contributed by atoms with Crippen molar-refractivity contribution in [3.8, 4) is 0 Å². The number of carbonyl (C=O) groups is 3. The maximum atomic E-state index is 11.1. The van der Waals surface area contributed by atoms with E-state index in [1.165, 1.54) is 0 Å². The fraction of sp³-hybridized carbons (Fsp3) is 0.811. The van der Waals surface area contributed by atoms with Crippen LogP contribution in [0.3, 0.4) is 0 Å². The number of aliphatic hydroxyl groups excluding tert-OH is 3. The Kier molecular flexibility index (Phi) is 57.3. The van der Waals surface area contributed by atoms with Gasteiger partial charge in [0.15, 0.2) is 0 Å². The van der Waals surface area contributed by atoms with Crippen LogP contribution in [0.15, 0.2) is 25.3 Å². The molecule has 54 heavy (non-hydrogen) atoms. The molecule has 3 amide bonds. The number of nitrogens with one attached hydrogen (secondary N) is 3. The number of alkyl halides is 1. The van der Waals surface area contributed by atoms with Gasteiger partial charge in [0.1, 0.15) is 16.8 Å². The van der Waals surface area contributed by atoms with Crippen molar-refractivity contribution in [3.05, 3.63) is 25.3 Å². The maximum Gasteiger partial charge on any atom is 0.407 e. The van der Waals surface area contributed by atoms with Gasteiger partial charge in [-0.3, -0.25) is 0 Å². The predicted octanol–water partition coefficient (Wildman–Crippen LogP) is 5.31. The Labute approximate surface area is 336 Å². The number of ether oxygens (including phenoxy) is 6. The minimum atomic E-state index is -0.494. The lowest BCUT2D eigenvalue weighted by atomic mass is 10.2. The SMILES string of the molecule is C.C.C=CCBr.C=CCOCCNC(=O)OC(C)(C)C.CC(C)(C)OC(=O)NCCO.CC(C)(C)OC(=O)NCCOCCCO.NCCOCCCO. The number of rotatable bonds is 19. The van der Waals surface area contributed by atoms with Gasteiger partial charge in [-0.1, -0.05) is 42.9 Å². The Morgan fingerprint density at radius 1 is 0.593 bits per heavy atom. The highest BCUT2D eigenvalue weighted by Crippen LogP contribution is 2.07. The van der Waals surface area contributed by atoms with Gasteiger partial charge in [-0.15, -0.1) is 13.2 Å². The van der Waals surface area contributed by atoms with Crippen LogP contribution in [0.4, 0.5) is 14.4 Å². The first-order valence-electron chi connectivity index (χ1n) is 17.1. The molecule has 0 saturated carbocycles. The first-order valence-corrected chi connectivity index (χ1v) is 18.3. The van der Waals surface area contributed by atoms with Crippen molar-refractivity contribution in [1.29, 1.82) is 0 Å². The van der Waals surface area contributed by atoms with Gasteiger partial charge >= 0.3 is 18.3 Å². The summed E-state index contributed by atoms with van der Waals surface area (Å²) in [7, 11) is 0. The van der Waals surface area contributed by atoms with Crippen LogP contribution in [0, 0.1) is 0 Å². The highest BCUT2D eigenvalue weighted by Gasteiger charge is 2.16. The first kappa shape index (κ1) is 66.3. The zero-order chi connectivity index (χ0) is 41.3. The average molecular weight is 854 g/mol. The quantitative estimate of drug-likeness (QED) is 0.0379. The highest BCUT2D eigenvalue weighted by molar-refractivity contribution is 9.09. The van der Waals surface area contributed by atoms with E-state index < -0.39 is 35.1 Å². The van der Waals surface area contributed by atoms with Gasteiger partial charge in [0, 0.05) is 57.9 Å². The normalized spacial score (nSPS) is 10.0. The third-order valence-corrected chi connectivity index (χ3v) is 4.57. The smallest absolute Gasteiger partial charge is 0.407 e. The summed E-state index contributed by atoms with van der Waals surface area (Å²) in [4.78, 5) is 33.0. The van der Waals surface area contributed by atoms with Crippen LogP contribution in [0.5, 0.6) is 0 Å². The van der Waals surface area contributed by atoms with Crippen molar-refractivity contribution in [3.63, 3.8) is 0 Å². The Bertz CT molecular complexity index is 829. The molecule has 8 N–H and O–H groups in total. The molecule has 328 valence electrons. The Morgan fingerprint density at radius 3 is 1.20 bits per heavy atom. The second-order valence-corrected chi connectivity index (χ2v) is 13.6. The van der Waals surface area contributed by atoms with Gasteiger partial charge in [0.05, 0.1) is 33.0 Å². The molecule has 0 aromatic carbocycles. The number of hydrogen-bond donors (Lipinski definition) is 7. The molecular weight excluding hydrogens is 772 g/mol. The van der Waals surface area contributed by atoms with Gasteiger partial charge in [-0.05, 0) is 75.2 Å². The second kappa shape index (κ2) is 46.6. The van der Waals surface area contributed by atoms with E-state index in [0.29, 0.717) is 72.1 Å². The molecule has 16 nitrogen and oxygen atoms in total. The fourth-order valence-electron chi connectivity index (χ4n) is 2.34. The Morgan fingerprint density at radius 2 is 0.926 bits per heavy atom. The number of carbonyl (C=O) groups excluding carboxylic acids is 3. The summed E-state index contributed by atoms with van der Waals surface area (Å²) >= 11 is 3.13. The van der Waals surface area contributed by atoms with Crippen LogP contribution in [0.1, 0.15) is 90.0 Å². The molecular formula is C37H81BrN4O12. The highest BCUT2D eigenvalue weighted by atomic mass is 79.9. The second-order valence-electron chi connectivity index (χ2n) is 13.0. The van der Waals surface area contributed by atoms with Gasteiger partial charge in [-0.25, -0.2) is 14.4 Å². The molecule has 0 aromatic rings. The van der Waals surface area contributed by atoms with Crippen LogP contribution in [0.25, 0.3) is 0 Å². The Hall–Kier alpha value is -2.51. The van der Waals surface area contributed by atoms with E-state index in [4.69, 9.17) is 49.5 Å². The largest absolute Gasteiger partial charge is 0.444 e. The monoisotopic (exact) mass is 853 g/mol. The number of hydrogen-bond acceptors (Lipinski definition) is 13. The number of allylic oxidation sites excluding steroid dienone is 1. The molecule has 0 unspecified atom stereocenters. The molecule has 0 saturated heterocycles. The molecule has 0 bridgehead atoms. The molecule has 0 atom stereocenters. The number of nitrogens with two attached hydrogens (primary N) is 1. The van der Waals surface area contributed by atoms with Gasteiger partial charge in [0.2, 0.25) is 0 Å². The van der Waals surface area contributed by atoms with Crippen molar-refractivity contribution in [2.24, 2.45) is 5.73 Å². The van der Waals surface area contributed by atoms with Gasteiger partial charge in [-0.2, -0.15) is 0 Å². The topological polar surface area (TPSA) is 229 Å². The zero-order valence-corrected chi connectivity index (χ0v) is 34.9. The van der Waals surface area contributed by atoms with Crippen molar-refractivity contribution in [2.45, 2.75) is 107 Å². The van der Waals surface area contributed by atoms with Gasteiger partial charge < -0.3 is 65.4 Å². The van der Waals surface area contributed by atoms with E-state index in [0.717, 1.165) is 5.33 Å². The van der Waals surface area contributed by atoms with E-state index in [-0.39, 0.29) is 41.2 Å². The molecule has 0 heterocycles. The maximum absolute atomic E-state index is 11.1. The standard InChI is InChI=1S/C10H21NO4.C10H19NO3.C7H15NO3.C5H13NO2.C3H5Br.2CH4/c1-10(2,3)15-9(13)11-5-8-14-7-4-6-12;1-5-7-13-8-6-11-9(12)14-10(2,3)4;1-7(2,3)11-6(10)8-4-5-9;6-2-5-8-4-1-3-7;1-2-3-4;;/h12H,4-8H2,1-3H3,(H,11,13);5H,1,6-8H2,2-4H3,(H,11,12);9H,4-5H2,1-3H3,(H,8,10);7H,1-6H2;2H,1,3H2;2*1H4. The third kappa shape index (κ3) is 82.8. The lowest BCUT2D eigenvalue weighted by Crippen LogP contribution is -2.34. The van der Waals surface area contributed by atoms with Crippen LogP contribution in [0.2, 0.25) is 0 Å². The van der Waals surface area contributed by atoms with Crippen molar-refractivity contribution in [1.82, 2.24) is 16.0 Å². The molecule has 0 radical (unpaired) electrons. The lowest BCUT2D eigenvalue weighted by Gasteiger charge is -2.19. The van der Waals surface area contributed by atoms with Crippen molar-refractivity contribution in [2.75, 3.05) is 91.0 Å². The first-order chi connectivity index (χ1) is 24.2. The minimum absolute atomic E-state index is 0. The summed E-state index contributed by atoms with van der Waals surface area (Å²) in [5.74, 6) is 0. The molecule has 0 fully saturated rings. The third-order valence-electron chi connectivity index (χ3n) is 4.11. The molecule has 0 aliphatic rings. The van der Waals surface area contributed by atoms with Crippen molar-refractivity contribution < 1.29 is 58.1 Å². The summed E-state index contributed by atoms with van der Waals surface area (Å²) in [6, 6.07) is 0. The number of amides is 3. The molecule has 0 spiro atoms. The summed E-state index contributed by atoms with van der Waals surface area (Å²) in [6.07, 6.45) is 3.43. The van der Waals surface area contributed by atoms with E-state index >= 15 is 0 Å². The minimum Gasteiger partial charge on any atom is -0.444 e. The van der Waals surface area contributed by atoms with Crippen LogP contribution >= 0.6 is 15.9 Å². The molecule has 0 aliphatic carbocycles.